The summed E-state index contributed by atoms with van der Waals surface area (Å²) in [4.78, 5) is 16.7. The maximum atomic E-state index is 14.0. The number of nitrogens with zero attached hydrogens (tertiary/aromatic N) is 2. The minimum absolute atomic E-state index is 0.0701. The summed E-state index contributed by atoms with van der Waals surface area (Å²) in [6.45, 7) is 7.21. The topological polar surface area (TPSA) is 23.6 Å². The molecule has 0 aliphatic carbocycles. The molecule has 0 spiro atoms. The third-order valence-electron chi connectivity index (χ3n) is 4.39. The van der Waals surface area contributed by atoms with E-state index in [0.29, 0.717) is 10.9 Å². The summed E-state index contributed by atoms with van der Waals surface area (Å²) in [5.74, 6) is -0.537. The number of benzene rings is 1. The number of likely N-dealkylation sites (tertiary alicyclic amines) is 1. The first-order valence-corrected chi connectivity index (χ1v) is 8.22. The Kier molecular flexibility index (Phi) is 5.81. The molecule has 1 aromatic rings. The Balaban J connectivity index is 2.14. The van der Waals surface area contributed by atoms with Gasteiger partial charge in [-0.15, -0.1) is 0 Å². The van der Waals surface area contributed by atoms with Crippen molar-refractivity contribution in [1.29, 1.82) is 0 Å². The number of carbonyl (C=O) groups excluding carboxylic acids is 1. The summed E-state index contributed by atoms with van der Waals surface area (Å²) in [7, 11) is 1.76. The van der Waals surface area contributed by atoms with E-state index in [1.807, 2.05) is 0 Å². The molecule has 0 bridgehead atoms. The predicted molar refractivity (Wildman–Crippen MR) is 87.8 cm³/mol. The van der Waals surface area contributed by atoms with Crippen molar-refractivity contribution in [1.82, 2.24) is 9.80 Å². The second kappa shape index (κ2) is 7.42. The summed E-state index contributed by atoms with van der Waals surface area (Å²) < 4.78 is 14.0. The first-order valence-electron chi connectivity index (χ1n) is 7.84. The van der Waals surface area contributed by atoms with E-state index in [4.69, 9.17) is 11.6 Å². The molecule has 1 aromatic carbocycles. The highest BCUT2D eigenvalue weighted by Crippen LogP contribution is 2.20. The van der Waals surface area contributed by atoms with E-state index in [9.17, 15) is 9.18 Å². The lowest BCUT2D eigenvalue weighted by molar-refractivity contribution is 0.0637. The zero-order chi connectivity index (χ0) is 16.3. The minimum Gasteiger partial charge on any atom is -0.337 e. The molecule has 0 aromatic heterocycles. The molecule has 1 amide bonds. The van der Waals surface area contributed by atoms with Crippen LogP contribution in [0.25, 0.3) is 0 Å². The molecule has 122 valence electrons. The quantitative estimate of drug-likeness (QED) is 0.824. The van der Waals surface area contributed by atoms with Crippen LogP contribution in [0.1, 0.15) is 37.0 Å². The van der Waals surface area contributed by atoms with Gasteiger partial charge in [-0.05, 0) is 50.0 Å². The van der Waals surface area contributed by atoms with Crippen molar-refractivity contribution in [3.8, 4) is 0 Å². The fourth-order valence-electron chi connectivity index (χ4n) is 3.01. The normalized spacial score (nSPS) is 17.0. The summed E-state index contributed by atoms with van der Waals surface area (Å²) in [5, 5.41) is 0.300. The Morgan fingerprint density at radius 2 is 2.00 bits per heavy atom. The molecule has 1 atom stereocenters. The maximum Gasteiger partial charge on any atom is 0.256 e. The summed E-state index contributed by atoms with van der Waals surface area (Å²) in [6.07, 6.45) is 2.43. The highest BCUT2D eigenvalue weighted by molar-refractivity contribution is 6.30. The highest BCUT2D eigenvalue weighted by atomic mass is 35.5. The van der Waals surface area contributed by atoms with Crippen molar-refractivity contribution in [2.75, 3.05) is 26.7 Å². The van der Waals surface area contributed by atoms with Gasteiger partial charge in [0.25, 0.3) is 5.91 Å². The van der Waals surface area contributed by atoms with Gasteiger partial charge in [-0.3, -0.25) is 4.79 Å². The lowest BCUT2D eigenvalue weighted by Gasteiger charge is -2.34. The van der Waals surface area contributed by atoms with Crippen LogP contribution in [-0.4, -0.2) is 48.4 Å². The van der Waals surface area contributed by atoms with Gasteiger partial charge in [-0.1, -0.05) is 25.4 Å². The first kappa shape index (κ1) is 17.2. The van der Waals surface area contributed by atoms with Crippen molar-refractivity contribution < 1.29 is 9.18 Å². The van der Waals surface area contributed by atoms with Crippen LogP contribution < -0.4 is 0 Å². The number of hydrogen-bond donors (Lipinski definition) is 0. The van der Waals surface area contributed by atoms with Crippen LogP contribution in [0.2, 0.25) is 5.02 Å². The van der Waals surface area contributed by atoms with Crippen LogP contribution in [0.3, 0.4) is 0 Å². The van der Waals surface area contributed by atoms with Gasteiger partial charge in [0.1, 0.15) is 5.82 Å². The van der Waals surface area contributed by atoms with Gasteiger partial charge in [0.2, 0.25) is 0 Å². The molecular weight excluding hydrogens is 303 g/mol. The molecule has 2 rings (SSSR count). The summed E-state index contributed by atoms with van der Waals surface area (Å²) in [6, 6.07) is 4.27. The van der Waals surface area contributed by atoms with Gasteiger partial charge in [0, 0.05) is 24.7 Å². The van der Waals surface area contributed by atoms with E-state index >= 15 is 0 Å². The first-order chi connectivity index (χ1) is 10.4. The molecule has 0 radical (unpaired) electrons. The molecule has 0 unspecified atom stereocenters. The SMILES string of the molecule is CC(C)[C@H](CN1CCCC1)N(C)C(=O)c1ccc(Cl)cc1F. The third-order valence-corrected chi connectivity index (χ3v) is 4.63. The second-order valence-electron chi connectivity index (χ2n) is 6.36. The van der Waals surface area contributed by atoms with E-state index in [2.05, 4.69) is 18.7 Å². The molecule has 5 heteroatoms. The zero-order valence-corrected chi connectivity index (χ0v) is 14.2. The highest BCUT2D eigenvalue weighted by Gasteiger charge is 2.28. The van der Waals surface area contributed by atoms with E-state index in [1.165, 1.54) is 25.0 Å². The molecule has 1 fully saturated rings. The van der Waals surface area contributed by atoms with Crippen molar-refractivity contribution >= 4 is 17.5 Å². The standard InChI is InChI=1S/C17H24ClFN2O/c1-12(2)16(11-21-8-4-5-9-21)20(3)17(22)14-7-6-13(18)10-15(14)19/h6-7,10,12,16H,4-5,8-9,11H2,1-3H3/t16-/m0/s1. The van der Waals surface area contributed by atoms with Crippen LogP contribution in [0.5, 0.6) is 0 Å². The van der Waals surface area contributed by atoms with E-state index in [-0.39, 0.29) is 17.5 Å². The molecule has 1 heterocycles. The number of hydrogen-bond acceptors (Lipinski definition) is 2. The summed E-state index contributed by atoms with van der Waals surface area (Å²) >= 11 is 5.76. The van der Waals surface area contributed by atoms with E-state index in [1.54, 1.807) is 18.0 Å². The Hall–Kier alpha value is -1.13. The van der Waals surface area contributed by atoms with E-state index in [0.717, 1.165) is 19.6 Å². The van der Waals surface area contributed by atoms with Gasteiger partial charge < -0.3 is 9.80 Å². The minimum atomic E-state index is -0.562. The molecule has 1 saturated heterocycles. The largest absolute Gasteiger partial charge is 0.337 e. The van der Waals surface area contributed by atoms with Crippen LogP contribution >= 0.6 is 11.6 Å². The average Bonchev–Trinajstić information content (AvgIpc) is 2.96. The Bertz CT molecular complexity index is 529. The number of amides is 1. The zero-order valence-electron chi connectivity index (χ0n) is 13.5. The number of rotatable bonds is 5. The third kappa shape index (κ3) is 3.99. The average molecular weight is 327 g/mol. The van der Waals surface area contributed by atoms with Crippen LogP contribution in [0, 0.1) is 11.7 Å². The van der Waals surface area contributed by atoms with Crippen molar-refractivity contribution in [3.63, 3.8) is 0 Å². The van der Waals surface area contributed by atoms with Crippen molar-refractivity contribution in [3.05, 3.63) is 34.6 Å². The number of carbonyl (C=O) groups is 1. The fourth-order valence-corrected chi connectivity index (χ4v) is 3.17. The monoisotopic (exact) mass is 326 g/mol. The lowest BCUT2D eigenvalue weighted by atomic mass is 10.0. The van der Waals surface area contributed by atoms with Gasteiger partial charge in [-0.2, -0.15) is 0 Å². The van der Waals surface area contributed by atoms with Gasteiger partial charge in [0.15, 0.2) is 0 Å². The molecule has 0 saturated carbocycles. The smallest absolute Gasteiger partial charge is 0.256 e. The Morgan fingerprint density at radius 1 is 1.36 bits per heavy atom. The number of halogens is 2. The van der Waals surface area contributed by atoms with Crippen LogP contribution in [-0.2, 0) is 0 Å². The van der Waals surface area contributed by atoms with Gasteiger partial charge in [0.05, 0.1) is 5.56 Å². The fraction of sp³-hybridized carbons (Fsp3) is 0.588. The van der Waals surface area contributed by atoms with Gasteiger partial charge >= 0.3 is 0 Å². The molecule has 1 aliphatic heterocycles. The Morgan fingerprint density at radius 3 is 2.55 bits per heavy atom. The summed E-state index contributed by atoms with van der Waals surface area (Å²) in [5.41, 5.74) is 0.0824. The van der Waals surface area contributed by atoms with Gasteiger partial charge in [-0.25, -0.2) is 4.39 Å². The van der Waals surface area contributed by atoms with E-state index < -0.39 is 5.82 Å². The second-order valence-corrected chi connectivity index (χ2v) is 6.80. The van der Waals surface area contributed by atoms with Crippen LogP contribution in [0.15, 0.2) is 18.2 Å². The Labute approximate surface area is 137 Å². The molecule has 3 nitrogen and oxygen atoms in total. The molecular formula is C17H24ClFN2O. The predicted octanol–water partition coefficient (Wildman–Crippen LogP) is 3.67. The van der Waals surface area contributed by atoms with Crippen molar-refractivity contribution in [2.24, 2.45) is 5.92 Å². The molecule has 0 N–H and O–H groups in total. The maximum absolute atomic E-state index is 14.0. The lowest BCUT2D eigenvalue weighted by Crippen LogP contribution is -2.47. The molecule has 1 aliphatic rings. The van der Waals surface area contributed by atoms with Crippen molar-refractivity contribution in [2.45, 2.75) is 32.7 Å². The van der Waals surface area contributed by atoms with Crippen LogP contribution in [0.4, 0.5) is 4.39 Å². The molecule has 22 heavy (non-hydrogen) atoms. The number of likely N-dealkylation sites (N-methyl/N-ethyl adjacent to an activating group) is 1.